The normalized spacial score (nSPS) is 19.4. The van der Waals surface area contributed by atoms with Crippen LogP contribution in [0.4, 0.5) is 45.5 Å². The average molecular weight is 1010 g/mol. The summed E-state index contributed by atoms with van der Waals surface area (Å²) in [5, 5.41) is 0. The molecule has 0 aromatic heterocycles. The molecule has 77 heavy (non-hydrogen) atoms. The molecular formula is C73H80BN3. The van der Waals surface area contributed by atoms with Crippen molar-refractivity contribution in [3.8, 4) is 22.3 Å². The average Bonchev–Trinajstić information content (AvgIpc) is 3.79. The monoisotopic (exact) mass is 1010 g/mol. The molecule has 4 aliphatic rings. The maximum absolute atomic E-state index is 2.83. The summed E-state index contributed by atoms with van der Waals surface area (Å²) in [5.41, 5.74) is 25.3. The summed E-state index contributed by atoms with van der Waals surface area (Å²) >= 11 is 0. The third-order valence-corrected chi connectivity index (χ3v) is 18.5. The molecule has 390 valence electrons. The number of anilines is 8. The standard InChI is InChI=1S/C73H80BN3/c1-67(2,3)49-31-35-59(54(39-49)47-25-19-17-20-26-47)75-62-30-24-23-29-57(62)74-58-42-52(70(10,11)12)34-38-63(58)76(60-36-32-50(68(4,5)6)40-55(60)48-27-21-18-22-28-48)65-44-53(43-64(75)66(65)74)77-61-37-33-51(69(7,8)9)41-56(61)72(15)45-71(13,14)46-73(72,77)16/h17-44H,45-46H2,1-16H3. The van der Waals surface area contributed by atoms with Gasteiger partial charge in [0, 0.05) is 50.7 Å². The summed E-state index contributed by atoms with van der Waals surface area (Å²) in [7, 11) is 0. The lowest BCUT2D eigenvalue weighted by Gasteiger charge is -2.47. The number of para-hydroxylation sites is 1. The van der Waals surface area contributed by atoms with Crippen LogP contribution in [0.25, 0.3) is 22.3 Å². The fourth-order valence-corrected chi connectivity index (χ4v) is 14.5. The second kappa shape index (κ2) is 17.1. The van der Waals surface area contributed by atoms with Crippen LogP contribution in [-0.2, 0) is 27.1 Å². The van der Waals surface area contributed by atoms with Crippen LogP contribution in [0.5, 0.6) is 0 Å². The predicted octanol–water partition coefficient (Wildman–Crippen LogP) is 18.3. The Morgan fingerprint density at radius 3 is 1.29 bits per heavy atom. The first kappa shape index (κ1) is 51.0. The van der Waals surface area contributed by atoms with Crippen LogP contribution in [0.2, 0.25) is 0 Å². The quantitative estimate of drug-likeness (QED) is 0.159. The Morgan fingerprint density at radius 1 is 0.377 bits per heavy atom. The second-order valence-corrected chi connectivity index (χ2v) is 28.7. The topological polar surface area (TPSA) is 9.72 Å². The molecule has 8 aromatic carbocycles. The molecule has 2 unspecified atom stereocenters. The summed E-state index contributed by atoms with van der Waals surface area (Å²) in [6.45, 7) is 38.4. The van der Waals surface area contributed by atoms with E-state index >= 15 is 0 Å². The van der Waals surface area contributed by atoms with E-state index in [0.29, 0.717) is 0 Å². The number of nitrogens with zero attached hydrogens (tertiary/aromatic N) is 3. The van der Waals surface area contributed by atoms with Crippen molar-refractivity contribution in [1.82, 2.24) is 0 Å². The molecule has 4 heteroatoms. The highest BCUT2D eigenvalue weighted by atomic mass is 15.3. The Morgan fingerprint density at radius 2 is 0.792 bits per heavy atom. The fraction of sp³-hybridized carbons (Fsp3) is 0.342. The van der Waals surface area contributed by atoms with E-state index in [2.05, 4.69) is 295 Å². The zero-order valence-electron chi connectivity index (χ0n) is 49.0. The Balaban J connectivity index is 1.25. The van der Waals surface area contributed by atoms with Crippen LogP contribution in [-0.4, -0.2) is 12.3 Å². The van der Waals surface area contributed by atoms with Crippen molar-refractivity contribution in [2.75, 3.05) is 14.7 Å². The molecule has 2 atom stereocenters. The van der Waals surface area contributed by atoms with E-state index in [0.717, 1.165) is 12.8 Å². The lowest BCUT2D eigenvalue weighted by atomic mass is 9.33. The summed E-state index contributed by atoms with van der Waals surface area (Å²) in [5.74, 6) is 0. The minimum atomic E-state index is -0.223. The second-order valence-electron chi connectivity index (χ2n) is 28.7. The summed E-state index contributed by atoms with van der Waals surface area (Å²) in [4.78, 5) is 8.18. The van der Waals surface area contributed by atoms with E-state index in [1.54, 1.807) is 0 Å². The predicted molar refractivity (Wildman–Crippen MR) is 333 cm³/mol. The minimum absolute atomic E-state index is 0.0149. The van der Waals surface area contributed by atoms with Crippen molar-refractivity contribution < 1.29 is 0 Å². The van der Waals surface area contributed by atoms with Crippen molar-refractivity contribution in [3.63, 3.8) is 0 Å². The first-order chi connectivity index (χ1) is 36.2. The van der Waals surface area contributed by atoms with E-state index in [9.17, 15) is 0 Å². The highest BCUT2D eigenvalue weighted by Gasteiger charge is 2.64. The van der Waals surface area contributed by atoms with Gasteiger partial charge in [-0.1, -0.05) is 219 Å². The van der Waals surface area contributed by atoms with Crippen molar-refractivity contribution in [2.45, 2.75) is 156 Å². The van der Waals surface area contributed by atoms with Gasteiger partial charge >= 0.3 is 0 Å². The molecule has 3 aliphatic heterocycles. The molecule has 0 saturated heterocycles. The summed E-state index contributed by atoms with van der Waals surface area (Å²) in [6, 6.07) is 66.4. The Bertz CT molecular complexity index is 3630. The van der Waals surface area contributed by atoms with Crippen molar-refractivity contribution >= 4 is 68.6 Å². The van der Waals surface area contributed by atoms with Crippen LogP contribution in [0.15, 0.2) is 170 Å². The Labute approximate surface area is 462 Å². The number of rotatable bonds is 5. The molecule has 3 heterocycles. The van der Waals surface area contributed by atoms with Gasteiger partial charge in [0.25, 0.3) is 6.71 Å². The van der Waals surface area contributed by atoms with Gasteiger partial charge in [-0.15, -0.1) is 0 Å². The Kier molecular flexibility index (Phi) is 11.3. The molecular weight excluding hydrogens is 930 g/mol. The van der Waals surface area contributed by atoms with Gasteiger partial charge in [0.2, 0.25) is 0 Å². The van der Waals surface area contributed by atoms with E-state index in [-0.39, 0.29) is 44.7 Å². The number of hydrogen-bond acceptors (Lipinski definition) is 3. The third kappa shape index (κ3) is 8.04. The molecule has 0 bridgehead atoms. The largest absolute Gasteiger partial charge is 0.334 e. The number of hydrogen-bond donors (Lipinski definition) is 0. The van der Waals surface area contributed by atoms with Crippen molar-refractivity contribution in [1.29, 1.82) is 0 Å². The zero-order valence-corrected chi connectivity index (χ0v) is 49.0. The van der Waals surface area contributed by atoms with E-state index < -0.39 is 0 Å². The highest BCUT2D eigenvalue weighted by molar-refractivity contribution is 7.00. The van der Waals surface area contributed by atoms with E-state index in [4.69, 9.17) is 0 Å². The summed E-state index contributed by atoms with van der Waals surface area (Å²) < 4.78 is 0. The van der Waals surface area contributed by atoms with E-state index in [1.807, 2.05) is 0 Å². The molecule has 0 amide bonds. The van der Waals surface area contributed by atoms with Crippen LogP contribution < -0.4 is 31.1 Å². The number of fused-ring (bicyclic) bond motifs is 7. The third-order valence-electron chi connectivity index (χ3n) is 18.5. The minimum Gasteiger partial charge on any atom is -0.334 e. The lowest BCUT2D eigenvalue weighted by Crippen LogP contribution is -2.61. The van der Waals surface area contributed by atoms with Crippen LogP contribution in [0.3, 0.4) is 0 Å². The molecule has 0 N–H and O–H groups in total. The maximum atomic E-state index is 2.83. The van der Waals surface area contributed by atoms with Crippen molar-refractivity contribution in [2.24, 2.45) is 5.41 Å². The van der Waals surface area contributed by atoms with Gasteiger partial charge in [-0.05, 0) is 157 Å². The van der Waals surface area contributed by atoms with Gasteiger partial charge < -0.3 is 14.7 Å². The van der Waals surface area contributed by atoms with Gasteiger partial charge in [-0.2, -0.15) is 0 Å². The summed E-state index contributed by atoms with van der Waals surface area (Å²) in [6.07, 6.45) is 2.18. The van der Waals surface area contributed by atoms with Crippen LogP contribution >= 0.6 is 0 Å². The fourth-order valence-electron chi connectivity index (χ4n) is 14.5. The van der Waals surface area contributed by atoms with Gasteiger partial charge in [-0.25, -0.2) is 0 Å². The van der Waals surface area contributed by atoms with Gasteiger partial charge in [-0.3, -0.25) is 0 Å². The van der Waals surface area contributed by atoms with Gasteiger partial charge in [0.15, 0.2) is 0 Å². The molecule has 1 saturated carbocycles. The first-order valence-electron chi connectivity index (χ1n) is 28.5. The molecule has 1 fully saturated rings. The smallest absolute Gasteiger partial charge is 0.252 e. The van der Waals surface area contributed by atoms with Crippen LogP contribution in [0, 0.1) is 5.41 Å². The molecule has 0 spiro atoms. The molecule has 8 aromatic rings. The highest BCUT2D eigenvalue weighted by Crippen LogP contribution is 2.67. The molecule has 0 radical (unpaired) electrons. The van der Waals surface area contributed by atoms with Gasteiger partial charge in [0.1, 0.15) is 0 Å². The SMILES string of the molecule is CC1(C)CC2(C)c3cc(C(C)(C)C)ccc3N(c3cc4c5c(c3)N(c3ccc(C(C)(C)C)cc3-c3ccccc3)c3ccc(C(C)(C)C)cc3B5c3ccccc3N4c3ccc(C(C)(C)C)cc3-c3ccccc3)C2(C)C1. The molecule has 12 rings (SSSR count). The number of benzene rings is 8. The van der Waals surface area contributed by atoms with Crippen LogP contribution in [0.1, 0.15) is 151 Å². The Hall–Kier alpha value is -6.78. The molecule has 3 nitrogen and oxygen atoms in total. The van der Waals surface area contributed by atoms with Gasteiger partial charge in [0.05, 0.1) is 16.9 Å². The maximum Gasteiger partial charge on any atom is 0.252 e. The van der Waals surface area contributed by atoms with Crippen molar-refractivity contribution in [3.05, 3.63) is 198 Å². The lowest BCUT2D eigenvalue weighted by molar-refractivity contribution is 0.330. The molecule has 1 aliphatic carbocycles. The van der Waals surface area contributed by atoms with E-state index in [1.165, 1.54) is 112 Å². The first-order valence-corrected chi connectivity index (χ1v) is 28.5. The zero-order chi connectivity index (χ0) is 54.6.